The molecule has 0 aromatic heterocycles. The Morgan fingerprint density at radius 3 is 2.45 bits per heavy atom. The van der Waals surface area contributed by atoms with Gasteiger partial charge in [-0.25, -0.2) is 0 Å². The Morgan fingerprint density at radius 2 is 1.90 bits per heavy atom. The molecule has 4 atom stereocenters. The van der Waals surface area contributed by atoms with Gasteiger partial charge in [-0.3, -0.25) is 9.59 Å². The van der Waals surface area contributed by atoms with Crippen LogP contribution in [0, 0.1) is 5.92 Å². The second kappa shape index (κ2) is 9.19. The summed E-state index contributed by atoms with van der Waals surface area (Å²) in [6.45, 7) is 5.68. The molecule has 0 heterocycles. The molecule has 20 heavy (non-hydrogen) atoms. The van der Waals surface area contributed by atoms with E-state index in [2.05, 4.69) is 10.6 Å². The highest BCUT2D eigenvalue weighted by atomic mass is 35.5. The number of nitrogens with two attached hydrogens (primary N) is 1. The minimum absolute atomic E-state index is 0. The summed E-state index contributed by atoms with van der Waals surface area (Å²) >= 11 is 0. The van der Waals surface area contributed by atoms with Crippen LogP contribution >= 0.6 is 12.4 Å². The van der Waals surface area contributed by atoms with E-state index in [1.165, 1.54) is 0 Å². The zero-order chi connectivity index (χ0) is 14.4. The Hall–Kier alpha value is -0.810. The van der Waals surface area contributed by atoms with Crippen molar-refractivity contribution in [2.24, 2.45) is 11.7 Å². The number of carbonyl (C=O) groups excluding carboxylic acids is 2. The van der Waals surface area contributed by atoms with Gasteiger partial charge in [-0.2, -0.15) is 0 Å². The molecule has 0 aliphatic heterocycles. The van der Waals surface area contributed by atoms with Crippen molar-refractivity contribution in [1.29, 1.82) is 0 Å². The number of halogens is 1. The summed E-state index contributed by atoms with van der Waals surface area (Å²) in [5.41, 5.74) is 5.88. The molecule has 0 spiro atoms. The molecular formula is C14H28ClN3O2. The maximum atomic E-state index is 12.1. The highest BCUT2D eigenvalue weighted by Crippen LogP contribution is 2.23. The Bertz CT molecular complexity index is 326. The van der Waals surface area contributed by atoms with Crippen LogP contribution in [0.4, 0.5) is 0 Å². The van der Waals surface area contributed by atoms with E-state index in [1.54, 1.807) is 6.92 Å². The zero-order valence-electron chi connectivity index (χ0n) is 12.6. The number of carbonyl (C=O) groups is 2. The van der Waals surface area contributed by atoms with E-state index >= 15 is 0 Å². The van der Waals surface area contributed by atoms with Crippen molar-refractivity contribution in [3.63, 3.8) is 0 Å². The summed E-state index contributed by atoms with van der Waals surface area (Å²) in [7, 11) is 0. The predicted molar refractivity (Wildman–Crippen MR) is 82.7 cm³/mol. The molecule has 6 heteroatoms. The average molecular weight is 306 g/mol. The van der Waals surface area contributed by atoms with Crippen LogP contribution in [0.25, 0.3) is 0 Å². The molecule has 2 amide bonds. The second-order valence-corrected chi connectivity index (χ2v) is 5.67. The fraction of sp³-hybridized carbons (Fsp3) is 0.857. The summed E-state index contributed by atoms with van der Waals surface area (Å²) in [5.74, 6) is -0.202. The Kier molecular flexibility index (Phi) is 8.81. The molecule has 0 saturated heterocycles. The molecule has 1 rings (SSSR count). The topological polar surface area (TPSA) is 84.2 Å². The van der Waals surface area contributed by atoms with Crippen LogP contribution in [0.2, 0.25) is 0 Å². The van der Waals surface area contributed by atoms with E-state index in [0.717, 1.165) is 32.1 Å². The van der Waals surface area contributed by atoms with Gasteiger partial charge in [0.25, 0.3) is 0 Å². The molecule has 4 N–H and O–H groups in total. The first-order valence-corrected chi connectivity index (χ1v) is 7.30. The van der Waals surface area contributed by atoms with E-state index in [9.17, 15) is 9.59 Å². The zero-order valence-corrected chi connectivity index (χ0v) is 13.5. The van der Waals surface area contributed by atoms with Gasteiger partial charge in [0.1, 0.15) is 6.04 Å². The van der Waals surface area contributed by atoms with E-state index in [4.69, 9.17) is 5.73 Å². The molecule has 1 aliphatic rings. The minimum atomic E-state index is -0.486. The van der Waals surface area contributed by atoms with Gasteiger partial charge in [-0.1, -0.05) is 13.3 Å². The maximum absolute atomic E-state index is 12.1. The Balaban J connectivity index is 0.00000361. The molecule has 0 radical (unpaired) electrons. The van der Waals surface area contributed by atoms with Crippen molar-refractivity contribution in [1.82, 2.24) is 10.6 Å². The highest BCUT2D eigenvalue weighted by molar-refractivity contribution is 5.88. The summed E-state index contributed by atoms with van der Waals surface area (Å²) in [5, 5.41) is 5.66. The van der Waals surface area contributed by atoms with Crippen LogP contribution in [0.3, 0.4) is 0 Å². The van der Waals surface area contributed by atoms with Crippen molar-refractivity contribution >= 4 is 24.2 Å². The first-order chi connectivity index (χ1) is 8.93. The standard InChI is InChI=1S/C14H27N3O2.ClH/c1-4-9(2)16-13(18)10(3)17-14(19)11-6-5-7-12(15)8-11;/h9-12H,4-8,15H2,1-3H3,(H,16,18)(H,17,19);1H. The molecule has 0 bridgehead atoms. The van der Waals surface area contributed by atoms with Gasteiger partial charge in [0.15, 0.2) is 0 Å². The van der Waals surface area contributed by atoms with Gasteiger partial charge in [0.2, 0.25) is 11.8 Å². The van der Waals surface area contributed by atoms with Crippen LogP contribution in [-0.4, -0.2) is 29.9 Å². The van der Waals surface area contributed by atoms with Crippen molar-refractivity contribution in [2.75, 3.05) is 0 Å². The largest absolute Gasteiger partial charge is 0.352 e. The van der Waals surface area contributed by atoms with E-state index in [0.29, 0.717) is 0 Å². The highest BCUT2D eigenvalue weighted by Gasteiger charge is 2.27. The fourth-order valence-corrected chi connectivity index (χ4v) is 2.33. The third-order valence-electron chi connectivity index (χ3n) is 3.84. The number of hydrogen-bond acceptors (Lipinski definition) is 3. The maximum Gasteiger partial charge on any atom is 0.242 e. The summed E-state index contributed by atoms with van der Waals surface area (Å²) in [6.07, 6.45) is 4.47. The molecule has 1 fully saturated rings. The van der Waals surface area contributed by atoms with Crippen molar-refractivity contribution in [2.45, 2.75) is 71.0 Å². The van der Waals surface area contributed by atoms with Crippen molar-refractivity contribution in [3.8, 4) is 0 Å². The molecule has 0 aromatic carbocycles. The fourth-order valence-electron chi connectivity index (χ4n) is 2.33. The second-order valence-electron chi connectivity index (χ2n) is 5.67. The van der Waals surface area contributed by atoms with E-state index < -0.39 is 6.04 Å². The SMILES string of the molecule is CCC(C)NC(=O)C(C)NC(=O)C1CCCC(N)C1.Cl. The van der Waals surface area contributed by atoms with Crippen molar-refractivity contribution in [3.05, 3.63) is 0 Å². The molecular weight excluding hydrogens is 278 g/mol. The van der Waals surface area contributed by atoms with Gasteiger partial charge in [0.05, 0.1) is 0 Å². The lowest BCUT2D eigenvalue weighted by molar-refractivity contribution is -0.131. The first kappa shape index (κ1) is 19.2. The third kappa shape index (κ3) is 6.09. The number of nitrogens with one attached hydrogen (secondary N) is 2. The van der Waals surface area contributed by atoms with Gasteiger partial charge in [-0.15, -0.1) is 12.4 Å². The normalized spacial score (nSPS) is 25.0. The lowest BCUT2D eigenvalue weighted by Gasteiger charge is -2.27. The molecule has 118 valence electrons. The van der Waals surface area contributed by atoms with Crippen LogP contribution in [-0.2, 0) is 9.59 Å². The van der Waals surface area contributed by atoms with Crippen LogP contribution in [0.1, 0.15) is 52.9 Å². The molecule has 1 aliphatic carbocycles. The minimum Gasteiger partial charge on any atom is -0.352 e. The Labute approximate surface area is 127 Å². The summed E-state index contributed by atoms with van der Waals surface area (Å²) < 4.78 is 0. The van der Waals surface area contributed by atoms with Crippen LogP contribution in [0.15, 0.2) is 0 Å². The van der Waals surface area contributed by atoms with Gasteiger partial charge in [-0.05, 0) is 39.5 Å². The summed E-state index contributed by atoms with van der Waals surface area (Å²) in [4.78, 5) is 23.9. The van der Waals surface area contributed by atoms with Crippen LogP contribution < -0.4 is 16.4 Å². The lowest BCUT2D eigenvalue weighted by atomic mass is 9.85. The van der Waals surface area contributed by atoms with Crippen molar-refractivity contribution < 1.29 is 9.59 Å². The van der Waals surface area contributed by atoms with Gasteiger partial charge in [0, 0.05) is 18.0 Å². The lowest BCUT2D eigenvalue weighted by Crippen LogP contribution is -2.49. The molecule has 5 nitrogen and oxygen atoms in total. The van der Waals surface area contributed by atoms with E-state index in [-0.39, 0.29) is 42.2 Å². The van der Waals surface area contributed by atoms with Crippen LogP contribution in [0.5, 0.6) is 0 Å². The average Bonchev–Trinajstić information content (AvgIpc) is 2.38. The van der Waals surface area contributed by atoms with Gasteiger partial charge < -0.3 is 16.4 Å². The molecule has 1 saturated carbocycles. The number of amides is 2. The Morgan fingerprint density at radius 1 is 1.25 bits per heavy atom. The third-order valence-corrected chi connectivity index (χ3v) is 3.84. The first-order valence-electron chi connectivity index (χ1n) is 7.30. The van der Waals surface area contributed by atoms with Gasteiger partial charge >= 0.3 is 0 Å². The quantitative estimate of drug-likeness (QED) is 0.717. The molecule has 4 unspecified atom stereocenters. The predicted octanol–water partition coefficient (Wildman–Crippen LogP) is 1.35. The monoisotopic (exact) mass is 305 g/mol. The van der Waals surface area contributed by atoms with E-state index in [1.807, 2.05) is 13.8 Å². The summed E-state index contributed by atoms with van der Waals surface area (Å²) in [6, 6.07) is -0.233. The molecule has 0 aromatic rings. The number of hydrogen-bond donors (Lipinski definition) is 3. The smallest absolute Gasteiger partial charge is 0.242 e. The number of rotatable bonds is 5.